The number of carbonyl (C=O) groups excluding carboxylic acids is 4. The fraction of sp³-hybridized carbons (Fsp3) is 0.533. The number of hydrogen-bond acceptors (Lipinski definition) is 13. The second-order valence-corrected chi connectivity index (χ2v) is 15.8. The van der Waals surface area contributed by atoms with Crippen LogP contribution in [-0.2, 0) is 23.7 Å². The standard InChI is InChI=1S/C15H19BN3O4PS2.C15H20N2O4S2.Na/c1-5-6-18(4)15(25)26-12-7(2)10-9(8(3)20)13(21)19(10)11(12)14(22)23-24-17-16;1-5-6-16(4)15(22)23-12-7(2)10-9(8(3)18)13(19)17(10)11(12)14(20)21;/h5,7-10,20H,1,6H2,2-4H3;5,7-10,18H,1,6H2,2-4H3,(H,20,21);/q;;+1/p-1. The largest absolute Gasteiger partial charge is 1.00 e. The molecule has 2 saturated heterocycles. The summed E-state index contributed by atoms with van der Waals surface area (Å²) in [7, 11) is 8.57. The summed E-state index contributed by atoms with van der Waals surface area (Å²) < 4.78 is 9.26. The zero-order valence-corrected chi connectivity index (χ0v) is 35.0. The van der Waals surface area contributed by atoms with Gasteiger partial charge in [-0.25, -0.2) is 4.79 Å². The molecule has 0 aromatic rings. The van der Waals surface area contributed by atoms with Crippen molar-refractivity contribution in [2.75, 3.05) is 27.2 Å². The maximum absolute atomic E-state index is 12.5. The number of fused-ring (bicyclic) bond motifs is 2. The summed E-state index contributed by atoms with van der Waals surface area (Å²) in [4.78, 5) is 56.1. The van der Waals surface area contributed by atoms with Gasteiger partial charge in [0.1, 0.15) is 14.3 Å². The minimum atomic E-state index is -1.39. The fourth-order valence-electron chi connectivity index (χ4n) is 6.28. The smallest absolute Gasteiger partial charge is 0.543 e. The summed E-state index contributed by atoms with van der Waals surface area (Å²) in [5, 5.41) is 31.2. The van der Waals surface area contributed by atoms with E-state index in [9.17, 15) is 34.5 Å². The third kappa shape index (κ3) is 8.78. The summed E-state index contributed by atoms with van der Waals surface area (Å²) in [5.41, 5.74) is 0.0312. The molecular formula is C30H38BN5NaO8PS4. The van der Waals surface area contributed by atoms with Crippen molar-refractivity contribution >= 4 is 96.9 Å². The van der Waals surface area contributed by atoms with Gasteiger partial charge in [0.15, 0.2) is 0 Å². The average molecular weight is 790 g/mol. The number of carboxylic acids is 1. The first kappa shape index (κ1) is 44.6. The van der Waals surface area contributed by atoms with Crippen LogP contribution in [0, 0.1) is 23.7 Å². The van der Waals surface area contributed by atoms with Crippen molar-refractivity contribution in [3.05, 3.63) is 46.5 Å². The molecule has 8 atom stereocenters. The number of thiocarbonyl (C=S) groups is 2. The van der Waals surface area contributed by atoms with Crippen molar-refractivity contribution < 1.29 is 68.6 Å². The molecule has 2 amide bonds. The number of nitrogens with zero attached hydrogens (tertiary/aromatic N) is 5. The first-order valence-electron chi connectivity index (χ1n) is 15.1. The van der Waals surface area contributed by atoms with E-state index < -0.39 is 36.0 Å². The molecule has 4 heterocycles. The van der Waals surface area contributed by atoms with E-state index in [0.29, 0.717) is 31.5 Å². The van der Waals surface area contributed by atoms with Crippen LogP contribution in [0.15, 0.2) is 51.2 Å². The van der Waals surface area contributed by atoms with Gasteiger partial charge in [0.05, 0.1) is 47.8 Å². The second-order valence-electron chi connectivity index (χ2n) is 11.9. The number of aliphatic hydroxyl groups is 2. The Morgan fingerprint density at radius 2 is 1.34 bits per heavy atom. The van der Waals surface area contributed by atoms with Gasteiger partial charge < -0.3 is 48.9 Å². The number of hydrogen-bond donors (Lipinski definition) is 2. The van der Waals surface area contributed by atoms with Gasteiger partial charge in [0, 0.05) is 48.8 Å². The molecule has 2 N–H and O–H groups in total. The van der Waals surface area contributed by atoms with E-state index in [2.05, 4.69) is 17.8 Å². The Balaban J connectivity index is 0.000000342. The summed E-state index contributed by atoms with van der Waals surface area (Å²) in [6.07, 6.45) is 1.78. The van der Waals surface area contributed by atoms with Gasteiger partial charge >= 0.3 is 35.5 Å². The van der Waals surface area contributed by atoms with E-state index >= 15 is 0 Å². The molecule has 0 aromatic heterocycles. The average Bonchev–Trinajstić information content (AvgIpc) is 3.41. The normalized spacial score (nSPS) is 26.0. The van der Waals surface area contributed by atoms with E-state index in [1.807, 2.05) is 25.8 Å². The van der Waals surface area contributed by atoms with Gasteiger partial charge in [-0.2, -0.15) is 0 Å². The van der Waals surface area contributed by atoms with Gasteiger partial charge in [-0.15, -0.1) is 13.2 Å². The van der Waals surface area contributed by atoms with Gasteiger partial charge in [-0.3, -0.25) is 9.59 Å². The predicted molar refractivity (Wildman–Crippen MR) is 196 cm³/mol. The Labute approximate surface area is 336 Å². The molecule has 50 heavy (non-hydrogen) atoms. The molecule has 8 unspecified atom stereocenters. The Bertz CT molecular complexity index is 1530. The second kappa shape index (κ2) is 18.9. The van der Waals surface area contributed by atoms with Gasteiger partial charge in [-0.05, 0) is 13.8 Å². The molecule has 20 heteroatoms. The van der Waals surface area contributed by atoms with E-state index in [-0.39, 0.29) is 85.3 Å². The Morgan fingerprint density at radius 3 is 1.68 bits per heavy atom. The van der Waals surface area contributed by atoms with Crippen LogP contribution in [0.4, 0.5) is 0 Å². The quantitative estimate of drug-likeness (QED) is 0.0844. The third-order valence-electron chi connectivity index (χ3n) is 8.60. The predicted octanol–water partition coefficient (Wildman–Crippen LogP) is -1.19. The van der Waals surface area contributed by atoms with E-state index in [1.54, 1.807) is 37.9 Å². The van der Waals surface area contributed by atoms with Crippen LogP contribution in [0.5, 0.6) is 0 Å². The number of carbonyl (C=O) groups is 4. The first-order chi connectivity index (χ1) is 23.0. The van der Waals surface area contributed by atoms with Crippen molar-refractivity contribution in [1.82, 2.24) is 19.6 Å². The number of likely N-dealkylation sites (N-methyl/N-ethyl adjacent to an activating group) is 2. The molecule has 13 nitrogen and oxygen atoms in total. The van der Waals surface area contributed by atoms with Crippen LogP contribution in [-0.4, -0.2) is 122 Å². The van der Waals surface area contributed by atoms with Crippen LogP contribution in [0.25, 0.3) is 0 Å². The van der Waals surface area contributed by atoms with Crippen LogP contribution in [0.3, 0.4) is 0 Å². The molecule has 4 aliphatic heterocycles. The summed E-state index contributed by atoms with van der Waals surface area (Å²) in [5.74, 6) is -4.29. The summed E-state index contributed by atoms with van der Waals surface area (Å²) in [6, 6.07) is -0.656. The van der Waals surface area contributed by atoms with Crippen molar-refractivity contribution in [3.8, 4) is 0 Å². The summed E-state index contributed by atoms with van der Waals surface area (Å²) >= 11 is 13.1. The number of rotatable bonds is 11. The third-order valence-corrected chi connectivity index (χ3v) is 12.6. The molecule has 264 valence electrons. The zero-order valence-electron chi connectivity index (χ0n) is 28.8. The molecule has 0 bridgehead atoms. The minimum absolute atomic E-state index is 0. The molecule has 0 aliphatic carbocycles. The molecule has 2 radical (unpaired) electrons. The number of aliphatic carboxylic acids is 1. The Morgan fingerprint density at radius 1 is 0.960 bits per heavy atom. The zero-order chi connectivity index (χ0) is 37.1. The van der Waals surface area contributed by atoms with Crippen molar-refractivity contribution in [3.63, 3.8) is 0 Å². The van der Waals surface area contributed by atoms with E-state index in [4.69, 9.17) is 36.9 Å². The first-order valence-corrected chi connectivity index (χ1v) is 18.3. The number of β-lactam (4-membered cyclic amide) rings is 2. The fourth-order valence-corrected chi connectivity index (χ4v) is 9.22. The minimum Gasteiger partial charge on any atom is -0.543 e. The number of amides is 2. The molecule has 0 saturated carbocycles. The molecule has 4 aliphatic rings. The number of thioether (sulfide) groups is 2. The van der Waals surface area contributed by atoms with Crippen LogP contribution < -0.4 is 34.7 Å². The summed E-state index contributed by atoms with van der Waals surface area (Å²) in [6.45, 7) is 15.3. The molecule has 0 aromatic carbocycles. The van der Waals surface area contributed by atoms with Crippen molar-refractivity contribution in [2.45, 2.75) is 52.0 Å². The van der Waals surface area contributed by atoms with E-state index in [0.717, 1.165) is 11.8 Å². The number of aliphatic hydroxyl groups excluding tert-OH is 2. The van der Waals surface area contributed by atoms with Crippen LogP contribution in [0.2, 0.25) is 0 Å². The van der Waals surface area contributed by atoms with Gasteiger partial charge in [0.25, 0.3) is 7.98 Å². The maximum atomic E-state index is 12.5. The van der Waals surface area contributed by atoms with Crippen LogP contribution in [0.1, 0.15) is 27.7 Å². The molecule has 2 fully saturated rings. The topological polar surface area (TPSA) is 166 Å². The van der Waals surface area contributed by atoms with Crippen molar-refractivity contribution in [1.29, 1.82) is 0 Å². The Hall–Kier alpha value is -1.60. The van der Waals surface area contributed by atoms with E-state index in [1.165, 1.54) is 21.6 Å². The molecule has 4 rings (SSSR count). The van der Waals surface area contributed by atoms with Gasteiger partial charge in [-0.1, -0.05) is 74.0 Å². The Kier molecular flexibility index (Phi) is 16.9. The number of carboxylic acid groups (broad SMARTS) is 1. The SMILES string of the molecule is C=CCN(C)C(=S)SC1=C(C(=O)[O-])N2C(=O)C(C(C)O)C2C1C.[B]N=POC(=O)C1=C(SC(=S)N(C)CC=C)C(C)C2C(C(C)O)C(=O)N12.[Na+]. The van der Waals surface area contributed by atoms with Crippen molar-refractivity contribution in [2.24, 2.45) is 28.3 Å². The molecular weight excluding hydrogens is 751 g/mol. The van der Waals surface area contributed by atoms with Gasteiger partial charge in [0.2, 0.25) is 20.4 Å². The maximum Gasteiger partial charge on any atom is 1.00 e. The monoisotopic (exact) mass is 789 g/mol. The molecule has 0 spiro atoms. The van der Waals surface area contributed by atoms with Crippen LogP contribution >= 0.6 is 56.6 Å².